The van der Waals surface area contributed by atoms with Crippen LogP contribution in [0.2, 0.25) is 0 Å². The molecule has 0 bridgehead atoms. The van der Waals surface area contributed by atoms with E-state index in [1.54, 1.807) is 0 Å². The maximum atomic E-state index is 13.7. The molecular weight excluding hydrogens is 327 g/mol. The van der Waals surface area contributed by atoms with Gasteiger partial charge in [0.15, 0.2) is 11.6 Å². The number of allylic oxidation sites excluding steroid dienone is 2. The van der Waals surface area contributed by atoms with Gasteiger partial charge in [0.05, 0.1) is 0 Å². The Morgan fingerprint density at radius 3 is 2.17 bits per heavy atom. The van der Waals surface area contributed by atoms with E-state index in [2.05, 4.69) is 16.9 Å². The fourth-order valence-corrected chi connectivity index (χ4v) is 3.28. The largest absolute Gasteiger partial charge is 0.573 e. The lowest BCUT2D eigenvalue weighted by atomic mass is 9.79. The molecule has 1 aliphatic carbocycles. The van der Waals surface area contributed by atoms with Crippen molar-refractivity contribution in [2.75, 3.05) is 0 Å². The van der Waals surface area contributed by atoms with E-state index in [-0.39, 0.29) is 0 Å². The average Bonchev–Trinajstić information content (AvgIpc) is 2.50. The van der Waals surface area contributed by atoms with E-state index in [9.17, 15) is 22.0 Å². The second kappa shape index (κ2) is 7.99. The number of rotatable bonds is 5. The number of benzene rings is 1. The molecule has 1 aliphatic rings. The van der Waals surface area contributed by atoms with E-state index < -0.39 is 23.7 Å². The number of hydrogen-bond donors (Lipinski definition) is 0. The van der Waals surface area contributed by atoms with Gasteiger partial charge in [0, 0.05) is 0 Å². The molecule has 0 N–H and O–H groups in total. The summed E-state index contributed by atoms with van der Waals surface area (Å²) in [7, 11) is 0. The molecule has 134 valence electrons. The number of halogens is 5. The third-order valence-electron chi connectivity index (χ3n) is 4.47. The molecular formula is C18H21F5O. The van der Waals surface area contributed by atoms with E-state index in [0.717, 1.165) is 44.2 Å². The highest BCUT2D eigenvalue weighted by Crippen LogP contribution is 2.33. The average molecular weight is 348 g/mol. The second-order valence-corrected chi connectivity index (χ2v) is 6.28. The molecule has 0 radical (unpaired) electrons. The smallest absolute Gasteiger partial charge is 0.399 e. The highest BCUT2D eigenvalue weighted by Gasteiger charge is 2.34. The third-order valence-corrected chi connectivity index (χ3v) is 4.47. The molecule has 6 heteroatoms. The topological polar surface area (TPSA) is 9.23 Å². The quantitative estimate of drug-likeness (QED) is 0.456. The van der Waals surface area contributed by atoms with Crippen LogP contribution in [0.3, 0.4) is 0 Å². The highest BCUT2D eigenvalue weighted by atomic mass is 19.4. The Labute approximate surface area is 138 Å². The van der Waals surface area contributed by atoms with Gasteiger partial charge < -0.3 is 4.74 Å². The minimum atomic E-state index is -5.12. The van der Waals surface area contributed by atoms with Crippen molar-refractivity contribution < 1.29 is 26.7 Å². The van der Waals surface area contributed by atoms with Crippen molar-refractivity contribution in [3.05, 3.63) is 41.5 Å². The van der Waals surface area contributed by atoms with Crippen molar-refractivity contribution >= 4 is 0 Å². The summed E-state index contributed by atoms with van der Waals surface area (Å²) in [5.74, 6) is -2.93. The molecule has 1 saturated carbocycles. The van der Waals surface area contributed by atoms with Crippen LogP contribution in [0, 0.1) is 23.5 Å². The van der Waals surface area contributed by atoms with Gasteiger partial charge in [0.2, 0.25) is 5.75 Å². The molecule has 0 atom stereocenters. The Kier molecular flexibility index (Phi) is 6.24. The summed E-state index contributed by atoms with van der Waals surface area (Å²) in [6.45, 7) is 2.00. The summed E-state index contributed by atoms with van der Waals surface area (Å²) in [6.07, 6.45) is 4.72. The van der Waals surface area contributed by atoms with Gasteiger partial charge in [0.1, 0.15) is 0 Å². The predicted octanol–water partition coefficient (Wildman–Crippen LogP) is 6.18. The van der Waals surface area contributed by atoms with Crippen LogP contribution < -0.4 is 4.74 Å². The van der Waals surface area contributed by atoms with Crippen LogP contribution in [-0.2, 0) is 6.42 Å². The summed E-state index contributed by atoms with van der Waals surface area (Å²) in [6, 6.07) is 1.85. The van der Waals surface area contributed by atoms with Gasteiger partial charge in [-0.25, -0.2) is 8.78 Å². The Balaban J connectivity index is 1.92. The summed E-state index contributed by atoms with van der Waals surface area (Å²) < 4.78 is 67.1. The first-order valence-corrected chi connectivity index (χ1v) is 8.15. The fraction of sp³-hybridized carbons (Fsp3) is 0.556. The lowest BCUT2D eigenvalue weighted by molar-refractivity contribution is -0.276. The molecule has 1 nitrogen and oxygen atoms in total. The normalized spacial score (nSPS) is 22.1. The lowest BCUT2D eigenvalue weighted by Crippen LogP contribution is -2.19. The van der Waals surface area contributed by atoms with E-state index in [1.165, 1.54) is 0 Å². The number of hydrogen-bond acceptors (Lipinski definition) is 1. The van der Waals surface area contributed by atoms with Crippen LogP contribution in [0.5, 0.6) is 5.75 Å². The van der Waals surface area contributed by atoms with Gasteiger partial charge in [-0.05, 0) is 75.0 Å². The first-order valence-electron chi connectivity index (χ1n) is 8.15. The van der Waals surface area contributed by atoms with Crippen LogP contribution in [0.1, 0.15) is 44.6 Å². The minimum absolute atomic E-state index is 0.357. The maximum absolute atomic E-state index is 13.7. The summed E-state index contributed by atoms with van der Waals surface area (Å²) in [4.78, 5) is 0. The first-order chi connectivity index (χ1) is 11.3. The maximum Gasteiger partial charge on any atom is 0.573 e. The molecule has 1 aromatic carbocycles. The van der Waals surface area contributed by atoms with Gasteiger partial charge >= 0.3 is 6.36 Å². The zero-order valence-electron chi connectivity index (χ0n) is 13.5. The lowest BCUT2D eigenvalue weighted by Gasteiger charge is -2.26. The van der Waals surface area contributed by atoms with Crippen molar-refractivity contribution in [1.29, 1.82) is 0 Å². The molecule has 0 saturated heterocycles. The minimum Gasteiger partial charge on any atom is -0.399 e. The van der Waals surface area contributed by atoms with Gasteiger partial charge in [-0.1, -0.05) is 12.2 Å². The zero-order chi connectivity index (χ0) is 17.7. The Morgan fingerprint density at radius 1 is 1.08 bits per heavy atom. The van der Waals surface area contributed by atoms with Crippen LogP contribution in [-0.4, -0.2) is 6.36 Å². The number of aryl methyl sites for hydroxylation is 1. The molecule has 0 spiro atoms. The molecule has 1 fully saturated rings. The molecule has 2 rings (SSSR count). The van der Waals surface area contributed by atoms with E-state index in [4.69, 9.17) is 0 Å². The standard InChI is InChI=1S/C18H21F5O/c1-2-3-12-4-6-13(7-5-12)8-9-14-10-15(19)17(16(20)11-14)24-18(21,22)23/h2-3,10-13H,4-9H2,1H3/b3-2+. The van der Waals surface area contributed by atoms with Gasteiger partial charge in [-0.3, -0.25) is 0 Å². The first kappa shape index (κ1) is 18.7. The van der Waals surface area contributed by atoms with Gasteiger partial charge in [-0.2, -0.15) is 0 Å². The van der Waals surface area contributed by atoms with Gasteiger partial charge in [0.25, 0.3) is 0 Å². The van der Waals surface area contributed by atoms with Crippen molar-refractivity contribution in [2.45, 2.75) is 51.8 Å². The Bertz CT molecular complexity index is 548. The Hall–Kier alpha value is -1.59. The van der Waals surface area contributed by atoms with E-state index >= 15 is 0 Å². The Morgan fingerprint density at radius 2 is 1.67 bits per heavy atom. The molecule has 0 unspecified atom stereocenters. The van der Waals surface area contributed by atoms with Crippen LogP contribution >= 0.6 is 0 Å². The summed E-state index contributed by atoms with van der Waals surface area (Å²) in [5.41, 5.74) is 0.357. The predicted molar refractivity (Wildman–Crippen MR) is 81.6 cm³/mol. The number of ether oxygens (including phenoxy) is 1. The molecule has 0 amide bonds. The van der Waals surface area contributed by atoms with E-state index in [0.29, 0.717) is 23.8 Å². The molecule has 0 heterocycles. The van der Waals surface area contributed by atoms with Crippen molar-refractivity contribution in [2.24, 2.45) is 11.8 Å². The zero-order valence-corrected chi connectivity index (χ0v) is 13.5. The van der Waals surface area contributed by atoms with E-state index in [1.807, 2.05) is 6.92 Å². The molecule has 0 aliphatic heterocycles. The second-order valence-electron chi connectivity index (χ2n) is 6.28. The number of alkyl halides is 3. The van der Waals surface area contributed by atoms with Crippen molar-refractivity contribution in [1.82, 2.24) is 0 Å². The third kappa shape index (κ3) is 5.49. The van der Waals surface area contributed by atoms with Crippen LogP contribution in [0.4, 0.5) is 22.0 Å². The molecule has 24 heavy (non-hydrogen) atoms. The highest BCUT2D eigenvalue weighted by molar-refractivity contribution is 5.31. The van der Waals surface area contributed by atoms with Gasteiger partial charge in [-0.15, -0.1) is 13.2 Å². The molecule has 1 aromatic rings. The van der Waals surface area contributed by atoms with Crippen LogP contribution in [0.15, 0.2) is 24.3 Å². The summed E-state index contributed by atoms with van der Waals surface area (Å²) in [5, 5.41) is 0. The van der Waals surface area contributed by atoms with Crippen molar-refractivity contribution in [3.8, 4) is 5.75 Å². The monoisotopic (exact) mass is 348 g/mol. The van der Waals surface area contributed by atoms with Crippen molar-refractivity contribution in [3.63, 3.8) is 0 Å². The summed E-state index contributed by atoms with van der Waals surface area (Å²) >= 11 is 0. The fourth-order valence-electron chi connectivity index (χ4n) is 3.28. The SMILES string of the molecule is C/C=C/C1CCC(CCc2cc(F)c(OC(F)(F)F)c(F)c2)CC1. The van der Waals surface area contributed by atoms with Crippen LogP contribution in [0.25, 0.3) is 0 Å². The molecule has 0 aromatic heterocycles.